The summed E-state index contributed by atoms with van der Waals surface area (Å²) in [5.41, 5.74) is 7.92. The Hall–Kier alpha value is -1.43. The third kappa shape index (κ3) is 3.79. The first-order valence-corrected chi connectivity index (χ1v) is 6.13. The van der Waals surface area contributed by atoms with Crippen molar-refractivity contribution in [3.8, 4) is 0 Å². The Balaban J connectivity index is 0.00000200. The molecule has 0 spiro atoms. The Labute approximate surface area is 121 Å². The fraction of sp³-hybridized carbons (Fsp3) is 0.462. The summed E-state index contributed by atoms with van der Waals surface area (Å²) >= 11 is 0. The molecule has 1 aliphatic heterocycles. The molecule has 2 N–H and O–H groups in total. The van der Waals surface area contributed by atoms with Gasteiger partial charge in [-0.25, -0.2) is 0 Å². The number of carbonyl (C=O) groups excluding carboxylic acids is 1. The van der Waals surface area contributed by atoms with Gasteiger partial charge >= 0.3 is 6.18 Å². The second kappa shape index (κ2) is 6.35. The molecule has 0 atom stereocenters. The van der Waals surface area contributed by atoms with Gasteiger partial charge in [0.05, 0.1) is 6.42 Å². The minimum Gasteiger partial charge on any atom is -0.398 e. The Kier molecular flexibility index (Phi) is 5.28. The summed E-state index contributed by atoms with van der Waals surface area (Å²) in [5, 5.41) is 0. The third-order valence-electron chi connectivity index (χ3n) is 3.21. The van der Waals surface area contributed by atoms with E-state index in [0.29, 0.717) is 17.9 Å². The normalized spacial score (nSPS) is 14.4. The maximum Gasteiger partial charge on any atom is 0.389 e. The summed E-state index contributed by atoms with van der Waals surface area (Å²) in [4.78, 5) is 13.3. The molecule has 0 unspecified atom stereocenters. The van der Waals surface area contributed by atoms with Gasteiger partial charge in [-0.05, 0) is 30.5 Å². The van der Waals surface area contributed by atoms with Crippen LogP contribution < -0.4 is 10.6 Å². The molecule has 0 radical (unpaired) electrons. The van der Waals surface area contributed by atoms with E-state index in [1.54, 1.807) is 18.2 Å². The minimum atomic E-state index is -4.30. The number of amides is 1. The quantitative estimate of drug-likeness (QED) is 0.852. The van der Waals surface area contributed by atoms with Gasteiger partial charge in [-0.1, -0.05) is 6.07 Å². The number of anilines is 2. The van der Waals surface area contributed by atoms with E-state index in [1.807, 2.05) is 0 Å². The van der Waals surface area contributed by atoms with Crippen molar-refractivity contribution in [3.05, 3.63) is 23.8 Å². The third-order valence-corrected chi connectivity index (χ3v) is 3.21. The van der Waals surface area contributed by atoms with E-state index in [9.17, 15) is 18.0 Å². The molecule has 1 amide bonds. The molecule has 3 nitrogen and oxygen atoms in total. The average molecular weight is 309 g/mol. The van der Waals surface area contributed by atoms with E-state index < -0.39 is 24.9 Å². The van der Waals surface area contributed by atoms with Crippen molar-refractivity contribution in [2.45, 2.75) is 31.9 Å². The molecule has 2 rings (SSSR count). The number of benzene rings is 1. The van der Waals surface area contributed by atoms with Crippen LogP contribution in [0.15, 0.2) is 18.2 Å². The van der Waals surface area contributed by atoms with Gasteiger partial charge in [-0.3, -0.25) is 4.79 Å². The number of nitrogens with two attached hydrogens (primary N) is 1. The highest BCUT2D eigenvalue weighted by Crippen LogP contribution is 2.32. The van der Waals surface area contributed by atoms with E-state index in [-0.39, 0.29) is 12.4 Å². The van der Waals surface area contributed by atoms with Crippen LogP contribution in [0.5, 0.6) is 0 Å². The number of halogens is 4. The van der Waals surface area contributed by atoms with Crippen LogP contribution in [-0.2, 0) is 11.2 Å². The van der Waals surface area contributed by atoms with Gasteiger partial charge in [0.1, 0.15) is 0 Å². The molecule has 7 heteroatoms. The van der Waals surface area contributed by atoms with Gasteiger partial charge in [-0.15, -0.1) is 12.4 Å². The molecule has 0 aliphatic carbocycles. The number of nitrogen functional groups attached to an aromatic ring is 1. The highest BCUT2D eigenvalue weighted by atomic mass is 35.5. The topological polar surface area (TPSA) is 46.3 Å². The molecule has 20 heavy (non-hydrogen) atoms. The Morgan fingerprint density at radius 3 is 2.70 bits per heavy atom. The van der Waals surface area contributed by atoms with Crippen LogP contribution in [-0.4, -0.2) is 18.6 Å². The minimum absolute atomic E-state index is 0. The van der Waals surface area contributed by atoms with Crippen molar-refractivity contribution in [2.75, 3.05) is 17.2 Å². The molecule has 1 heterocycles. The molecule has 1 aromatic rings. The van der Waals surface area contributed by atoms with E-state index >= 15 is 0 Å². The summed E-state index contributed by atoms with van der Waals surface area (Å²) in [7, 11) is 0. The predicted molar refractivity (Wildman–Crippen MR) is 74.1 cm³/mol. The molecule has 1 aromatic carbocycles. The zero-order valence-electron chi connectivity index (χ0n) is 10.7. The monoisotopic (exact) mass is 308 g/mol. The number of hydrogen-bond donors (Lipinski definition) is 1. The van der Waals surface area contributed by atoms with Crippen molar-refractivity contribution in [3.63, 3.8) is 0 Å². The SMILES string of the molecule is Cl.Nc1cccc2c1CCCN2C(=O)CCC(F)(F)F. The van der Waals surface area contributed by atoms with Crippen LogP contribution in [0.2, 0.25) is 0 Å². The number of fused-ring (bicyclic) bond motifs is 1. The van der Waals surface area contributed by atoms with Crippen LogP contribution in [0, 0.1) is 0 Å². The maximum absolute atomic E-state index is 12.2. The molecule has 0 saturated heterocycles. The lowest BCUT2D eigenvalue weighted by Gasteiger charge is -2.30. The Bertz CT molecular complexity index is 491. The van der Waals surface area contributed by atoms with Gasteiger partial charge in [0, 0.05) is 24.3 Å². The standard InChI is InChI=1S/C13H15F3N2O.ClH/c14-13(15,16)7-6-12(19)18-8-2-3-9-10(17)4-1-5-11(9)18;/h1,4-5H,2-3,6-8,17H2;1H. The molecule has 0 fully saturated rings. The predicted octanol–water partition coefficient (Wildman–Crippen LogP) is 3.31. The van der Waals surface area contributed by atoms with Crippen molar-refractivity contribution >= 4 is 29.7 Å². The van der Waals surface area contributed by atoms with Gasteiger partial charge in [0.25, 0.3) is 0 Å². The number of alkyl halides is 3. The van der Waals surface area contributed by atoms with Crippen molar-refractivity contribution in [1.82, 2.24) is 0 Å². The zero-order valence-corrected chi connectivity index (χ0v) is 11.6. The smallest absolute Gasteiger partial charge is 0.389 e. The first kappa shape index (κ1) is 16.6. The van der Waals surface area contributed by atoms with E-state index in [2.05, 4.69) is 0 Å². The first-order valence-electron chi connectivity index (χ1n) is 6.13. The van der Waals surface area contributed by atoms with Gasteiger partial charge in [0.15, 0.2) is 0 Å². The lowest BCUT2D eigenvalue weighted by molar-refractivity contribution is -0.143. The molecular formula is C13H16ClF3N2O. The number of nitrogens with zero attached hydrogens (tertiary/aromatic N) is 1. The molecule has 112 valence electrons. The van der Waals surface area contributed by atoms with Crippen LogP contribution in [0.1, 0.15) is 24.8 Å². The number of carbonyl (C=O) groups is 1. The molecule has 0 saturated carbocycles. The molecule has 1 aliphatic rings. The second-order valence-electron chi connectivity index (χ2n) is 4.61. The summed E-state index contributed by atoms with van der Waals surface area (Å²) in [6, 6.07) is 5.18. The summed E-state index contributed by atoms with van der Waals surface area (Å²) in [6.45, 7) is 0.452. The summed E-state index contributed by atoms with van der Waals surface area (Å²) in [6.07, 6.45) is -4.42. The van der Waals surface area contributed by atoms with Crippen molar-refractivity contribution in [1.29, 1.82) is 0 Å². The highest BCUT2D eigenvalue weighted by Gasteiger charge is 2.30. The molecule has 0 bridgehead atoms. The number of hydrogen-bond acceptors (Lipinski definition) is 2. The first-order chi connectivity index (χ1) is 8.88. The maximum atomic E-state index is 12.2. The van der Waals surface area contributed by atoms with Crippen LogP contribution in [0.3, 0.4) is 0 Å². The zero-order chi connectivity index (χ0) is 14.0. The molecule has 0 aromatic heterocycles. The lowest BCUT2D eigenvalue weighted by atomic mass is 9.99. The van der Waals surface area contributed by atoms with Crippen molar-refractivity contribution < 1.29 is 18.0 Å². The lowest BCUT2D eigenvalue weighted by Crippen LogP contribution is -2.36. The van der Waals surface area contributed by atoms with E-state index in [0.717, 1.165) is 18.4 Å². The Morgan fingerprint density at radius 2 is 2.05 bits per heavy atom. The van der Waals surface area contributed by atoms with E-state index in [1.165, 1.54) is 4.90 Å². The van der Waals surface area contributed by atoms with Gasteiger partial charge in [-0.2, -0.15) is 13.2 Å². The second-order valence-corrected chi connectivity index (χ2v) is 4.61. The highest BCUT2D eigenvalue weighted by molar-refractivity contribution is 5.95. The number of rotatable bonds is 2. The fourth-order valence-corrected chi connectivity index (χ4v) is 2.29. The van der Waals surface area contributed by atoms with E-state index in [4.69, 9.17) is 5.73 Å². The van der Waals surface area contributed by atoms with Crippen LogP contribution in [0.25, 0.3) is 0 Å². The summed E-state index contributed by atoms with van der Waals surface area (Å²) < 4.78 is 36.5. The van der Waals surface area contributed by atoms with Gasteiger partial charge < -0.3 is 10.6 Å². The molecular weight excluding hydrogens is 293 g/mol. The van der Waals surface area contributed by atoms with Crippen LogP contribution >= 0.6 is 12.4 Å². The fourth-order valence-electron chi connectivity index (χ4n) is 2.29. The average Bonchev–Trinajstić information content (AvgIpc) is 2.35. The summed E-state index contributed by atoms with van der Waals surface area (Å²) in [5.74, 6) is -0.496. The Morgan fingerprint density at radius 1 is 1.35 bits per heavy atom. The van der Waals surface area contributed by atoms with Crippen molar-refractivity contribution in [2.24, 2.45) is 0 Å². The largest absolute Gasteiger partial charge is 0.398 e. The van der Waals surface area contributed by atoms with Gasteiger partial charge in [0.2, 0.25) is 5.91 Å². The van der Waals surface area contributed by atoms with Crippen LogP contribution in [0.4, 0.5) is 24.5 Å².